The van der Waals surface area contributed by atoms with Gasteiger partial charge in [-0.3, -0.25) is 4.79 Å². The number of methoxy groups -OCH3 is 1. The van der Waals surface area contributed by atoms with Crippen LogP contribution in [0.3, 0.4) is 0 Å². The van der Waals surface area contributed by atoms with Gasteiger partial charge in [-0.15, -0.1) is 0 Å². The number of amides is 1. The molecule has 3 rings (SSSR count). The fraction of sp³-hybridized carbons (Fsp3) is 0.167. The monoisotopic (exact) mass is 372 g/mol. The van der Waals surface area contributed by atoms with E-state index >= 15 is 0 Å². The molecule has 0 saturated carbocycles. The van der Waals surface area contributed by atoms with Crippen molar-refractivity contribution in [1.82, 2.24) is 10.3 Å². The van der Waals surface area contributed by atoms with E-state index in [1.165, 1.54) is 10.9 Å². The molecule has 0 saturated heterocycles. The van der Waals surface area contributed by atoms with Crippen molar-refractivity contribution in [2.24, 2.45) is 0 Å². The first kappa shape index (κ1) is 15.6. The maximum atomic E-state index is 12.2. The zero-order chi connectivity index (χ0) is 16.2. The highest BCUT2D eigenvalue weighted by Crippen LogP contribution is 2.25. The average Bonchev–Trinajstić information content (AvgIpc) is 2.98. The minimum absolute atomic E-state index is 0.0896. The predicted molar refractivity (Wildman–Crippen MR) is 95.0 cm³/mol. The van der Waals surface area contributed by atoms with E-state index < -0.39 is 0 Å². The molecule has 0 aliphatic carbocycles. The van der Waals surface area contributed by atoms with Gasteiger partial charge in [-0.2, -0.15) is 0 Å². The number of hydrogen-bond donors (Lipinski definition) is 2. The van der Waals surface area contributed by atoms with Crippen LogP contribution >= 0.6 is 15.9 Å². The lowest BCUT2D eigenvalue weighted by molar-refractivity contribution is 0.0954. The standard InChI is InChI=1S/C18H17BrN2O2/c1-23-17-7-6-12(10-15(17)19)18(22)20-9-8-13-11-21-16-5-3-2-4-14(13)16/h2-7,10-11,21H,8-9H2,1H3,(H,20,22). The van der Waals surface area contributed by atoms with Gasteiger partial charge in [0.2, 0.25) is 0 Å². The summed E-state index contributed by atoms with van der Waals surface area (Å²) in [5.74, 6) is 0.619. The number of benzene rings is 2. The Hall–Kier alpha value is -2.27. The molecule has 3 aromatic rings. The maximum absolute atomic E-state index is 12.2. The molecule has 0 unspecified atom stereocenters. The smallest absolute Gasteiger partial charge is 0.251 e. The Morgan fingerprint density at radius 2 is 2.09 bits per heavy atom. The molecule has 1 aromatic heterocycles. The molecule has 4 nitrogen and oxygen atoms in total. The SMILES string of the molecule is COc1ccc(C(=O)NCCc2c[nH]c3ccccc23)cc1Br. The van der Waals surface area contributed by atoms with Gasteiger partial charge in [-0.05, 0) is 52.2 Å². The molecule has 1 heterocycles. The Labute approximate surface area is 143 Å². The largest absolute Gasteiger partial charge is 0.496 e. The molecule has 1 amide bonds. The summed E-state index contributed by atoms with van der Waals surface area (Å²) in [4.78, 5) is 15.5. The second kappa shape index (κ2) is 6.87. The number of halogens is 1. The molecule has 2 N–H and O–H groups in total. The van der Waals surface area contributed by atoms with Gasteiger partial charge in [0.25, 0.3) is 5.91 Å². The van der Waals surface area contributed by atoms with E-state index in [1.54, 1.807) is 25.3 Å². The molecule has 0 aliphatic heterocycles. The molecule has 0 spiro atoms. The van der Waals surface area contributed by atoms with Crippen LogP contribution in [-0.4, -0.2) is 24.5 Å². The summed E-state index contributed by atoms with van der Waals surface area (Å²) >= 11 is 3.39. The van der Waals surface area contributed by atoms with Crippen LogP contribution in [0.15, 0.2) is 53.1 Å². The van der Waals surface area contributed by atoms with E-state index in [0.717, 1.165) is 16.4 Å². The van der Waals surface area contributed by atoms with Crippen molar-refractivity contribution in [1.29, 1.82) is 0 Å². The summed E-state index contributed by atoms with van der Waals surface area (Å²) in [5, 5.41) is 4.15. The summed E-state index contributed by atoms with van der Waals surface area (Å²) in [6, 6.07) is 13.5. The number of ether oxygens (including phenoxy) is 1. The molecule has 0 atom stereocenters. The summed E-state index contributed by atoms with van der Waals surface area (Å²) in [7, 11) is 1.60. The van der Waals surface area contributed by atoms with Crippen LogP contribution in [-0.2, 0) is 6.42 Å². The number of nitrogens with one attached hydrogen (secondary N) is 2. The van der Waals surface area contributed by atoms with Gasteiger partial charge >= 0.3 is 0 Å². The van der Waals surface area contributed by atoms with Gasteiger partial charge in [0.05, 0.1) is 11.6 Å². The highest BCUT2D eigenvalue weighted by atomic mass is 79.9. The lowest BCUT2D eigenvalue weighted by atomic mass is 10.1. The van der Waals surface area contributed by atoms with Gasteiger partial charge < -0.3 is 15.0 Å². The quantitative estimate of drug-likeness (QED) is 0.713. The van der Waals surface area contributed by atoms with Crippen molar-refractivity contribution >= 4 is 32.7 Å². The number of hydrogen-bond acceptors (Lipinski definition) is 2. The van der Waals surface area contributed by atoms with Crippen molar-refractivity contribution in [2.45, 2.75) is 6.42 Å². The number of H-pyrrole nitrogens is 1. The van der Waals surface area contributed by atoms with E-state index in [1.807, 2.05) is 24.4 Å². The Kier molecular flexibility index (Phi) is 4.67. The zero-order valence-corrected chi connectivity index (χ0v) is 14.3. The number of rotatable bonds is 5. The van der Waals surface area contributed by atoms with Gasteiger partial charge in [-0.1, -0.05) is 18.2 Å². The van der Waals surface area contributed by atoms with E-state index in [2.05, 4.69) is 32.3 Å². The lowest BCUT2D eigenvalue weighted by Crippen LogP contribution is -2.25. The van der Waals surface area contributed by atoms with Crippen LogP contribution in [0.5, 0.6) is 5.75 Å². The first-order valence-corrected chi connectivity index (χ1v) is 8.15. The third-order valence-electron chi connectivity index (χ3n) is 3.77. The minimum Gasteiger partial charge on any atom is -0.496 e. The Bertz CT molecular complexity index is 842. The molecule has 0 bridgehead atoms. The molecular formula is C18H17BrN2O2. The first-order chi connectivity index (χ1) is 11.2. The summed E-state index contributed by atoms with van der Waals surface area (Å²) < 4.78 is 5.94. The van der Waals surface area contributed by atoms with Crippen LogP contribution in [0.2, 0.25) is 0 Å². The van der Waals surface area contributed by atoms with E-state index in [4.69, 9.17) is 4.74 Å². The minimum atomic E-state index is -0.0896. The van der Waals surface area contributed by atoms with Crippen molar-refractivity contribution in [3.63, 3.8) is 0 Å². The van der Waals surface area contributed by atoms with E-state index in [9.17, 15) is 4.79 Å². The normalized spacial score (nSPS) is 10.7. The average molecular weight is 373 g/mol. The number of carbonyl (C=O) groups excluding carboxylic acids is 1. The van der Waals surface area contributed by atoms with E-state index in [0.29, 0.717) is 17.9 Å². The Morgan fingerprint density at radius 1 is 1.26 bits per heavy atom. The molecule has 5 heteroatoms. The number of aromatic amines is 1. The van der Waals surface area contributed by atoms with Gasteiger partial charge in [0.15, 0.2) is 0 Å². The number of aromatic nitrogens is 1. The predicted octanol–water partition coefficient (Wildman–Crippen LogP) is 3.91. The van der Waals surface area contributed by atoms with Crippen molar-refractivity contribution < 1.29 is 9.53 Å². The number of carbonyl (C=O) groups is 1. The highest BCUT2D eigenvalue weighted by Gasteiger charge is 2.09. The third kappa shape index (κ3) is 3.40. The van der Waals surface area contributed by atoms with E-state index in [-0.39, 0.29) is 5.91 Å². The second-order valence-electron chi connectivity index (χ2n) is 5.21. The maximum Gasteiger partial charge on any atom is 0.251 e. The number of fused-ring (bicyclic) bond motifs is 1. The zero-order valence-electron chi connectivity index (χ0n) is 12.7. The molecule has 2 aromatic carbocycles. The van der Waals surface area contributed by atoms with Crippen LogP contribution in [0, 0.1) is 0 Å². The molecule has 118 valence electrons. The van der Waals surface area contributed by atoms with Crippen molar-refractivity contribution in [2.75, 3.05) is 13.7 Å². The summed E-state index contributed by atoms with van der Waals surface area (Å²) in [6.07, 6.45) is 2.79. The topological polar surface area (TPSA) is 54.1 Å². The molecule has 0 fully saturated rings. The first-order valence-electron chi connectivity index (χ1n) is 7.36. The number of para-hydroxylation sites is 1. The summed E-state index contributed by atoms with van der Waals surface area (Å²) in [6.45, 7) is 0.588. The lowest BCUT2D eigenvalue weighted by Gasteiger charge is -2.07. The Morgan fingerprint density at radius 3 is 2.87 bits per heavy atom. The third-order valence-corrected chi connectivity index (χ3v) is 4.39. The van der Waals surface area contributed by atoms with Gasteiger partial charge in [0.1, 0.15) is 5.75 Å². The molecule has 23 heavy (non-hydrogen) atoms. The fourth-order valence-electron chi connectivity index (χ4n) is 2.56. The molecule has 0 aliphatic rings. The second-order valence-corrected chi connectivity index (χ2v) is 6.07. The van der Waals surface area contributed by atoms with Crippen LogP contribution in [0.4, 0.5) is 0 Å². The van der Waals surface area contributed by atoms with Crippen LogP contribution < -0.4 is 10.1 Å². The highest BCUT2D eigenvalue weighted by molar-refractivity contribution is 9.10. The van der Waals surface area contributed by atoms with Gasteiger partial charge in [0, 0.05) is 29.2 Å². The fourth-order valence-corrected chi connectivity index (χ4v) is 3.10. The molecular weight excluding hydrogens is 356 g/mol. The molecule has 0 radical (unpaired) electrons. The van der Waals surface area contributed by atoms with Crippen molar-refractivity contribution in [3.05, 3.63) is 64.3 Å². The Balaban J connectivity index is 1.62. The van der Waals surface area contributed by atoms with Crippen LogP contribution in [0.1, 0.15) is 15.9 Å². The van der Waals surface area contributed by atoms with Gasteiger partial charge in [-0.25, -0.2) is 0 Å². The summed E-state index contributed by atoms with van der Waals surface area (Å²) in [5.41, 5.74) is 2.93. The van der Waals surface area contributed by atoms with Crippen LogP contribution in [0.25, 0.3) is 10.9 Å². The van der Waals surface area contributed by atoms with Crippen molar-refractivity contribution in [3.8, 4) is 5.75 Å².